The summed E-state index contributed by atoms with van der Waals surface area (Å²) >= 11 is 0. The van der Waals surface area contributed by atoms with Crippen LogP contribution in [-0.4, -0.2) is 69.8 Å². The summed E-state index contributed by atoms with van der Waals surface area (Å²) in [4.78, 5) is 28.3. The van der Waals surface area contributed by atoms with Gasteiger partial charge in [0, 0.05) is 27.2 Å². The van der Waals surface area contributed by atoms with Crippen molar-refractivity contribution in [3.63, 3.8) is 0 Å². The lowest BCUT2D eigenvalue weighted by Gasteiger charge is -2.34. The predicted molar refractivity (Wildman–Crippen MR) is 142 cm³/mol. The average Bonchev–Trinajstić information content (AvgIpc) is 2.86. The molecule has 204 valence electrons. The van der Waals surface area contributed by atoms with Crippen LogP contribution in [0.3, 0.4) is 0 Å². The number of nitrogens with one attached hydrogen (secondary N) is 1. The summed E-state index contributed by atoms with van der Waals surface area (Å²) < 4.78 is 46.9. The zero-order chi connectivity index (χ0) is 27.8. The van der Waals surface area contributed by atoms with Gasteiger partial charge in [-0.15, -0.1) is 0 Å². The van der Waals surface area contributed by atoms with Gasteiger partial charge in [0.2, 0.25) is 11.8 Å². The van der Waals surface area contributed by atoms with Gasteiger partial charge in [-0.05, 0) is 54.3 Å². The maximum atomic E-state index is 13.8. The van der Waals surface area contributed by atoms with E-state index in [1.807, 2.05) is 13.8 Å². The third-order valence-electron chi connectivity index (χ3n) is 5.72. The Balaban J connectivity index is 2.47. The number of carbonyl (C=O) groups excluding carboxylic acids is 2. The number of methoxy groups -OCH3 is 1. The van der Waals surface area contributed by atoms with Crippen LogP contribution >= 0.6 is 0 Å². The Kier molecular flexibility index (Phi) is 10.9. The van der Waals surface area contributed by atoms with Crippen molar-refractivity contribution >= 4 is 27.7 Å². The van der Waals surface area contributed by atoms with E-state index in [2.05, 4.69) is 5.32 Å². The van der Waals surface area contributed by atoms with E-state index in [1.54, 1.807) is 38.3 Å². The van der Waals surface area contributed by atoms with E-state index in [9.17, 15) is 22.4 Å². The molecule has 0 spiro atoms. The van der Waals surface area contributed by atoms with E-state index in [4.69, 9.17) is 4.74 Å². The fourth-order valence-electron chi connectivity index (χ4n) is 3.59. The smallest absolute Gasteiger partial charge is 0.304 e. The van der Waals surface area contributed by atoms with Gasteiger partial charge < -0.3 is 15.0 Å². The number of halogens is 1. The second kappa shape index (κ2) is 13.4. The second-order valence-corrected chi connectivity index (χ2v) is 11.3. The molecule has 2 amide bonds. The van der Waals surface area contributed by atoms with Crippen LogP contribution < -0.4 is 14.4 Å². The van der Waals surface area contributed by atoms with Gasteiger partial charge in [-0.25, -0.2) is 8.70 Å². The Morgan fingerprint density at radius 1 is 1.03 bits per heavy atom. The van der Waals surface area contributed by atoms with Crippen LogP contribution in [0.4, 0.5) is 10.1 Å². The molecular weight excluding hydrogens is 499 g/mol. The zero-order valence-corrected chi connectivity index (χ0v) is 23.1. The standard InChI is InChI=1S/C26H37FN4O5S/c1-7-24(26(33)28-16-19(2)3)30(17-20-8-14-23(36-6)15-9-20)25(32)18-31(37(34,35)29(4)5)22-12-10-21(27)11-13-22/h8-15,19,24H,7,16-18H2,1-6H3,(H,28,33)/t24-/m1/s1. The average molecular weight is 537 g/mol. The van der Waals surface area contributed by atoms with E-state index in [0.29, 0.717) is 18.7 Å². The number of anilines is 1. The van der Waals surface area contributed by atoms with Crippen molar-refractivity contribution in [2.24, 2.45) is 5.92 Å². The summed E-state index contributed by atoms with van der Waals surface area (Å²) in [6, 6.07) is 11.1. The zero-order valence-electron chi connectivity index (χ0n) is 22.3. The monoisotopic (exact) mass is 536 g/mol. The van der Waals surface area contributed by atoms with Gasteiger partial charge in [-0.3, -0.25) is 9.59 Å². The third kappa shape index (κ3) is 8.16. The number of rotatable bonds is 13. The highest BCUT2D eigenvalue weighted by molar-refractivity contribution is 7.90. The van der Waals surface area contributed by atoms with Gasteiger partial charge in [-0.1, -0.05) is 32.9 Å². The maximum absolute atomic E-state index is 13.8. The second-order valence-electron chi connectivity index (χ2n) is 9.21. The van der Waals surface area contributed by atoms with Crippen molar-refractivity contribution in [1.29, 1.82) is 0 Å². The number of ether oxygens (including phenoxy) is 1. The van der Waals surface area contributed by atoms with Gasteiger partial charge >= 0.3 is 10.2 Å². The summed E-state index contributed by atoms with van der Waals surface area (Å²) in [7, 11) is 0.132. The fourth-order valence-corrected chi connectivity index (χ4v) is 4.65. The predicted octanol–water partition coefficient (Wildman–Crippen LogP) is 3.03. The van der Waals surface area contributed by atoms with Crippen LogP contribution in [0, 0.1) is 11.7 Å². The molecule has 0 bridgehead atoms. The summed E-state index contributed by atoms with van der Waals surface area (Å²) in [5.41, 5.74) is 0.873. The van der Waals surface area contributed by atoms with Gasteiger partial charge in [0.05, 0.1) is 12.8 Å². The molecule has 0 unspecified atom stereocenters. The van der Waals surface area contributed by atoms with Crippen molar-refractivity contribution < 1.29 is 27.1 Å². The molecule has 0 fully saturated rings. The number of amides is 2. The molecule has 1 atom stereocenters. The quantitative estimate of drug-likeness (QED) is 0.424. The van der Waals surface area contributed by atoms with Gasteiger partial charge in [0.25, 0.3) is 0 Å². The van der Waals surface area contributed by atoms with E-state index in [-0.39, 0.29) is 24.1 Å². The maximum Gasteiger partial charge on any atom is 0.304 e. The van der Waals surface area contributed by atoms with Gasteiger partial charge in [0.15, 0.2) is 0 Å². The molecule has 0 aliphatic heterocycles. The largest absolute Gasteiger partial charge is 0.497 e. The molecule has 9 nitrogen and oxygen atoms in total. The highest BCUT2D eigenvalue weighted by Crippen LogP contribution is 2.22. The van der Waals surface area contributed by atoms with Crippen LogP contribution in [-0.2, 0) is 26.3 Å². The Labute approximate surface area is 219 Å². The van der Waals surface area contributed by atoms with Crippen LogP contribution in [0.5, 0.6) is 5.75 Å². The molecule has 0 saturated heterocycles. The lowest BCUT2D eigenvalue weighted by molar-refractivity contribution is -0.140. The Morgan fingerprint density at radius 3 is 2.11 bits per heavy atom. The fraction of sp³-hybridized carbons (Fsp3) is 0.462. The topological polar surface area (TPSA) is 99.3 Å². The number of nitrogens with zero attached hydrogens (tertiary/aromatic N) is 3. The number of carbonyl (C=O) groups is 2. The lowest BCUT2D eigenvalue weighted by Crippen LogP contribution is -2.53. The van der Waals surface area contributed by atoms with E-state index in [0.717, 1.165) is 26.3 Å². The summed E-state index contributed by atoms with van der Waals surface area (Å²) in [5, 5.41) is 2.88. The normalized spacial score (nSPS) is 12.4. The highest BCUT2D eigenvalue weighted by Gasteiger charge is 2.33. The minimum Gasteiger partial charge on any atom is -0.497 e. The van der Waals surface area contributed by atoms with Crippen molar-refractivity contribution in [3.8, 4) is 5.75 Å². The first-order valence-electron chi connectivity index (χ1n) is 12.1. The van der Waals surface area contributed by atoms with Crippen LogP contribution in [0.2, 0.25) is 0 Å². The van der Waals surface area contributed by atoms with Crippen molar-refractivity contribution in [2.75, 3.05) is 38.6 Å². The van der Waals surface area contributed by atoms with Crippen molar-refractivity contribution in [1.82, 2.24) is 14.5 Å². The molecule has 2 aromatic rings. The van der Waals surface area contributed by atoms with Crippen LogP contribution in [0.25, 0.3) is 0 Å². The molecule has 0 aromatic heterocycles. The summed E-state index contributed by atoms with van der Waals surface area (Å²) in [6.45, 7) is 5.67. The molecular formula is C26H37FN4O5S. The Hall–Kier alpha value is -3.18. The molecule has 2 aromatic carbocycles. The number of hydrogen-bond acceptors (Lipinski definition) is 5. The molecule has 0 aliphatic rings. The van der Waals surface area contributed by atoms with Crippen molar-refractivity contribution in [2.45, 2.75) is 39.8 Å². The third-order valence-corrected chi connectivity index (χ3v) is 7.54. The number of hydrogen-bond donors (Lipinski definition) is 1. The lowest BCUT2D eigenvalue weighted by atomic mass is 10.1. The minimum atomic E-state index is -4.11. The SMILES string of the molecule is CC[C@H](C(=O)NCC(C)C)N(Cc1ccc(OC)cc1)C(=O)CN(c1ccc(F)cc1)S(=O)(=O)N(C)C. The van der Waals surface area contributed by atoms with Crippen molar-refractivity contribution in [3.05, 3.63) is 59.9 Å². The van der Waals surface area contributed by atoms with Gasteiger partial charge in [0.1, 0.15) is 24.2 Å². The van der Waals surface area contributed by atoms with Crippen LogP contribution in [0.15, 0.2) is 48.5 Å². The molecule has 11 heteroatoms. The first-order valence-corrected chi connectivity index (χ1v) is 13.5. The Bertz CT molecular complexity index is 1140. The molecule has 0 saturated carbocycles. The van der Waals surface area contributed by atoms with E-state index in [1.165, 1.54) is 31.1 Å². The minimum absolute atomic E-state index is 0.0791. The summed E-state index contributed by atoms with van der Waals surface area (Å²) in [5.74, 6) is -0.570. The molecule has 0 aliphatic carbocycles. The Morgan fingerprint density at radius 2 is 1.62 bits per heavy atom. The molecule has 0 heterocycles. The number of benzene rings is 2. The summed E-state index contributed by atoms with van der Waals surface area (Å²) in [6.07, 6.45) is 0.322. The molecule has 1 N–H and O–H groups in total. The molecule has 0 radical (unpaired) electrons. The van der Waals surface area contributed by atoms with Crippen LogP contribution in [0.1, 0.15) is 32.8 Å². The van der Waals surface area contributed by atoms with E-state index < -0.39 is 34.5 Å². The van der Waals surface area contributed by atoms with Gasteiger partial charge in [-0.2, -0.15) is 12.7 Å². The molecule has 2 rings (SSSR count). The first kappa shape index (κ1) is 30.0. The van der Waals surface area contributed by atoms with E-state index >= 15 is 0 Å². The molecule has 37 heavy (non-hydrogen) atoms. The highest BCUT2D eigenvalue weighted by atomic mass is 32.2. The first-order chi connectivity index (χ1) is 17.4.